The quantitative estimate of drug-likeness (QED) is 0.580. The van der Waals surface area contributed by atoms with E-state index >= 15 is 0 Å². The SMILES string of the molecule is CC1=C/CC(C#N)C(=O)N/C=C\1. The number of nitrogens with zero attached hydrogens (tertiary/aromatic N) is 1. The lowest BCUT2D eigenvalue weighted by molar-refractivity contribution is -0.122. The third-order valence-electron chi connectivity index (χ3n) is 1.72. The van der Waals surface area contributed by atoms with Crippen molar-refractivity contribution in [3.63, 3.8) is 0 Å². The Morgan fingerprint density at radius 3 is 3.17 bits per heavy atom. The zero-order chi connectivity index (χ0) is 8.97. The number of allylic oxidation sites excluding steroid dienone is 3. The van der Waals surface area contributed by atoms with E-state index in [0.29, 0.717) is 6.42 Å². The van der Waals surface area contributed by atoms with Gasteiger partial charge in [0.2, 0.25) is 5.91 Å². The Morgan fingerprint density at radius 2 is 2.50 bits per heavy atom. The second-order valence-corrected chi connectivity index (χ2v) is 2.71. The molecule has 0 aromatic carbocycles. The summed E-state index contributed by atoms with van der Waals surface area (Å²) in [6.45, 7) is 1.93. The Labute approximate surface area is 71.4 Å². The third kappa shape index (κ3) is 1.96. The van der Waals surface area contributed by atoms with E-state index in [0.717, 1.165) is 5.57 Å². The topological polar surface area (TPSA) is 52.9 Å². The number of rotatable bonds is 0. The predicted molar refractivity (Wildman–Crippen MR) is 44.8 cm³/mol. The third-order valence-corrected chi connectivity index (χ3v) is 1.72. The van der Waals surface area contributed by atoms with Gasteiger partial charge in [-0.05, 0) is 19.4 Å². The van der Waals surface area contributed by atoms with Gasteiger partial charge in [0.1, 0.15) is 5.92 Å². The van der Waals surface area contributed by atoms with Crippen LogP contribution in [0.15, 0.2) is 23.9 Å². The highest BCUT2D eigenvalue weighted by Crippen LogP contribution is 2.08. The molecular formula is C9H10N2O. The highest BCUT2D eigenvalue weighted by molar-refractivity contribution is 5.82. The number of hydrogen-bond acceptors (Lipinski definition) is 2. The van der Waals surface area contributed by atoms with Gasteiger partial charge in [-0.25, -0.2) is 0 Å². The Balaban J connectivity index is 2.78. The Kier molecular flexibility index (Phi) is 2.65. The van der Waals surface area contributed by atoms with Gasteiger partial charge in [-0.15, -0.1) is 0 Å². The zero-order valence-corrected chi connectivity index (χ0v) is 6.87. The van der Waals surface area contributed by atoms with Crippen molar-refractivity contribution in [3.05, 3.63) is 23.9 Å². The second kappa shape index (κ2) is 3.72. The molecule has 1 N–H and O–H groups in total. The average molecular weight is 162 g/mol. The molecule has 0 bridgehead atoms. The molecule has 1 unspecified atom stereocenters. The van der Waals surface area contributed by atoms with Crippen LogP contribution in [0.1, 0.15) is 13.3 Å². The van der Waals surface area contributed by atoms with E-state index in [2.05, 4.69) is 5.32 Å². The maximum Gasteiger partial charge on any atom is 0.241 e. The van der Waals surface area contributed by atoms with Crippen molar-refractivity contribution in [2.24, 2.45) is 5.92 Å². The van der Waals surface area contributed by atoms with Crippen molar-refractivity contribution in [1.29, 1.82) is 5.26 Å². The van der Waals surface area contributed by atoms with Gasteiger partial charge in [0, 0.05) is 6.20 Å². The molecule has 0 aliphatic carbocycles. The monoisotopic (exact) mass is 162 g/mol. The van der Waals surface area contributed by atoms with E-state index < -0.39 is 5.92 Å². The van der Waals surface area contributed by atoms with Gasteiger partial charge in [0.05, 0.1) is 6.07 Å². The lowest BCUT2D eigenvalue weighted by Crippen LogP contribution is -2.26. The van der Waals surface area contributed by atoms with E-state index in [1.807, 2.05) is 25.1 Å². The van der Waals surface area contributed by atoms with Crippen LogP contribution < -0.4 is 5.32 Å². The van der Waals surface area contributed by atoms with E-state index in [9.17, 15) is 4.79 Å². The largest absolute Gasteiger partial charge is 0.332 e. The predicted octanol–water partition coefficient (Wildman–Crippen LogP) is 1.11. The minimum Gasteiger partial charge on any atom is -0.332 e. The number of hydrogen-bond donors (Lipinski definition) is 1. The second-order valence-electron chi connectivity index (χ2n) is 2.71. The summed E-state index contributed by atoms with van der Waals surface area (Å²) >= 11 is 0. The first-order valence-electron chi connectivity index (χ1n) is 3.77. The minimum atomic E-state index is -0.551. The lowest BCUT2D eigenvalue weighted by Gasteiger charge is -2.07. The number of amides is 1. The van der Waals surface area contributed by atoms with Crippen LogP contribution >= 0.6 is 0 Å². The lowest BCUT2D eigenvalue weighted by atomic mass is 10.0. The van der Waals surface area contributed by atoms with E-state index in [4.69, 9.17) is 5.26 Å². The Bertz CT molecular complexity index is 283. The van der Waals surface area contributed by atoms with Crippen molar-refractivity contribution < 1.29 is 4.79 Å². The van der Waals surface area contributed by atoms with Crippen LogP contribution in [0.5, 0.6) is 0 Å². The standard InChI is InChI=1S/C9H10N2O/c1-7-2-3-8(6-10)9(12)11-5-4-7/h2,4-5,8H,3H2,1H3,(H,11,12)/b5-4-,7-2-. The summed E-state index contributed by atoms with van der Waals surface area (Å²) in [7, 11) is 0. The number of carbonyl (C=O) groups excluding carboxylic acids is 1. The van der Waals surface area contributed by atoms with Gasteiger partial charge in [-0.1, -0.05) is 11.6 Å². The molecule has 62 valence electrons. The van der Waals surface area contributed by atoms with Gasteiger partial charge in [-0.3, -0.25) is 4.79 Å². The molecule has 1 aliphatic heterocycles. The summed E-state index contributed by atoms with van der Waals surface area (Å²) in [5.41, 5.74) is 1.07. The highest BCUT2D eigenvalue weighted by Gasteiger charge is 2.15. The van der Waals surface area contributed by atoms with Gasteiger partial charge in [0.15, 0.2) is 0 Å². The van der Waals surface area contributed by atoms with Crippen molar-refractivity contribution in [3.8, 4) is 6.07 Å². The molecule has 12 heavy (non-hydrogen) atoms. The van der Waals surface area contributed by atoms with Crippen LogP contribution in [0.2, 0.25) is 0 Å². The summed E-state index contributed by atoms with van der Waals surface area (Å²) in [6.07, 6.45) is 5.77. The van der Waals surface area contributed by atoms with Crippen molar-refractivity contribution >= 4 is 5.91 Å². The molecule has 0 saturated heterocycles. The van der Waals surface area contributed by atoms with Crippen LogP contribution in [0.3, 0.4) is 0 Å². The fraction of sp³-hybridized carbons (Fsp3) is 0.333. The van der Waals surface area contributed by atoms with Crippen molar-refractivity contribution in [1.82, 2.24) is 5.32 Å². The fourth-order valence-electron chi connectivity index (χ4n) is 0.946. The first-order chi connectivity index (χ1) is 5.74. The van der Waals surface area contributed by atoms with Crippen LogP contribution in [0, 0.1) is 17.2 Å². The summed E-state index contributed by atoms with van der Waals surface area (Å²) in [5.74, 6) is -0.776. The number of nitrogens with one attached hydrogen (secondary N) is 1. The fourth-order valence-corrected chi connectivity index (χ4v) is 0.946. The molecular weight excluding hydrogens is 152 g/mol. The zero-order valence-electron chi connectivity index (χ0n) is 6.87. The molecule has 0 saturated carbocycles. The van der Waals surface area contributed by atoms with Crippen molar-refractivity contribution in [2.75, 3.05) is 0 Å². The molecule has 0 fully saturated rings. The summed E-state index contributed by atoms with van der Waals surface area (Å²) in [6, 6.07) is 1.95. The smallest absolute Gasteiger partial charge is 0.241 e. The normalized spacial score (nSPS) is 30.2. The maximum absolute atomic E-state index is 11.1. The average Bonchev–Trinajstić information content (AvgIpc) is 2.03. The Morgan fingerprint density at radius 1 is 1.75 bits per heavy atom. The van der Waals surface area contributed by atoms with Gasteiger partial charge in [0.25, 0.3) is 0 Å². The summed E-state index contributed by atoms with van der Waals surface area (Å²) < 4.78 is 0. The van der Waals surface area contributed by atoms with Crippen LogP contribution in [0.25, 0.3) is 0 Å². The van der Waals surface area contributed by atoms with Crippen LogP contribution in [-0.4, -0.2) is 5.91 Å². The molecule has 3 nitrogen and oxygen atoms in total. The number of carbonyl (C=O) groups is 1. The minimum absolute atomic E-state index is 0.225. The summed E-state index contributed by atoms with van der Waals surface area (Å²) in [4.78, 5) is 11.1. The highest BCUT2D eigenvalue weighted by atomic mass is 16.1. The Hall–Kier alpha value is -1.56. The van der Waals surface area contributed by atoms with Gasteiger partial charge >= 0.3 is 0 Å². The molecule has 1 amide bonds. The van der Waals surface area contributed by atoms with E-state index in [-0.39, 0.29) is 5.91 Å². The molecule has 3 heteroatoms. The molecule has 0 aromatic rings. The molecule has 1 rings (SSSR count). The van der Waals surface area contributed by atoms with Crippen molar-refractivity contribution in [2.45, 2.75) is 13.3 Å². The molecule has 1 atom stereocenters. The van der Waals surface area contributed by atoms with E-state index in [1.54, 1.807) is 6.20 Å². The van der Waals surface area contributed by atoms with Gasteiger partial charge < -0.3 is 5.32 Å². The van der Waals surface area contributed by atoms with Crippen LogP contribution in [0.4, 0.5) is 0 Å². The van der Waals surface area contributed by atoms with Crippen LogP contribution in [-0.2, 0) is 4.79 Å². The van der Waals surface area contributed by atoms with Gasteiger partial charge in [-0.2, -0.15) is 5.26 Å². The first kappa shape index (κ1) is 8.54. The first-order valence-corrected chi connectivity index (χ1v) is 3.77. The van der Waals surface area contributed by atoms with E-state index in [1.165, 1.54) is 0 Å². The molecule has 0 aromatic heterocycles. The molecule has 0 radical (unpaired) electrons. The molecule has 1 heterocycles. The maximum atomic E-state index is 11.1. The summed E-state index contributed by atoms with van der Waals surface area (Å²) in [5, 5.41) is 11.1. The molecule has 0 spiro atoms. The number of nitriles is 1. The molecule has 1 aliphatic rings.